The molecule has 0 fully saturated rings. The highest BCUT2D eigenvalue weighted by molar-refractivity contribution is 7.92. The number of benzene rings is 2. The SMILES string of the molecule is CC[C@@H](NC(=O)CCCN(c1ccccc1OC)S(C)(=O)=O)c1ccc(OC)cc1. The van der Waals surface area contributed by atoms with E-state index in [-0.39, 0.29) is 24.9 Å². The summed E-state index contributed by atoms with van der Waals surface area (Å²) in [4.78, 5) is 12.5. The van der Waals surface area contributed by atoms with E-state index in [1.807, 2.05) is 31.2 Å². The standard InChI is InChI=1S/C22H30N2O5S/c1-5-19(17-12-14-18(28-2)15-13-17)23-22(25)11-8-16-24(30(4,26)27)20-9-6-7-10-21(20)29-3/h6-7,9-10,12-15,19H,5,8,11,16H2,1-4H3,(H,23,25)/t19-/m1/s1. The van der Waals surface area contributed by atoms with Crippen LogP contribution in [0.5, 0.6) is 11.5 Å². The average Bonchev–Trinajstić information content (AvgIpc) is 2.74. The van der Waals surface area contributed by atoms with Gasteiger partial charge in [0.2, 0.25) is 15.9 Å². The van der Waals surface area contributed by atoms with Crippen molar-refractivity contribution in [3.05, 3.63) is 54.1 Å². The van der Waals surface area contributed by atoms with E-state index in [4.69, 9.17) is 9.47 Å². The maximum atomic E-state index is 12.5. The number of carbonyl (C=O) groups excluding carboxylic acids is 1. The number of nitrogens with zero attached hydrogens (tertiary/aromatic N) is 1. The van der Waals surface area contributed by atoms with Gasteiger partial charge in [0.25, 0.3) is 0 Å². The van der Waals surface area contributed by atoms with Gasteiger partial charge in [-0.3, -0.25) is 9.10 Å². The van der Waals surface area contributed by atoms with E-state index in [9.17, 15) is 13.2 Å². The molecule has 0 aliphatic heterocycles. The molecule has 2 aromatic rings. The molecule has 2 rings (SSSR count). The monoisotopic (exact) mass is 434 g/mol. The zero-order chi connectivity index (χ0) is 22.1. The number of methoxy groups -OCH3 is 2. The van der Waals surface area contributed by atoms with Crippen molar-refractivity contribution in [2.24, 2.45) is 0 Å². The number of para-hydroxylation sites is 2. The fourth-order valence-corrected chi connectivity index (χ4v) is 4.18. The van der Waals surface area contributed by atoms with E-state index in [2.05, 4.69) is 5.32 Å². The zero-order valence-corrected chi connectivity index (χ0v) is 18.7. The molecule has 8 heteroatoms. The van der Waals surface area contributed by atoms with Crippen molar-refractivity contribution in [2.45, 2.75) is 32.2 Å². The molecule has 0 saturated heterocycles. The van der Waals surface area contributed by atoms with Gasteiger partial charge in [-0.2, -0.15) is 0 Å². The number of sulfonamides is 1. The highest BCUT2D eigenvalue weighted by Crippen LogP contribution is 2.29. The third kappa shape index (κ3) is 6.38. The molecule has 0 aliphatic rings. The molecule has 0 aromatic heterocycles. The van der Waals surface area contributed by atoms with Gasteiger partial charge in [-0.25, -0.2) is 8.42 Å². The van der Waals surface area contributed by atoms with Crippen LogP contribution in [-0.2, 0) is 14.8 Å². The molecule has 30 heavy (non-hydrogen) atoms. The van der Waals surface area contributed by atoms with Gasteiger partial charge in [-0.15, -0.1) is 0 Å². The van der Waals surface area contributed by atoms with Crippen LogP contribution in [0.15, 0.2) is 48.5 Å². The van der Waals surface area contributed by atoms with Gasteiger partial charge in [-0.05, 0) is 42.7 Å². The van der Waals surface area contributed by atoms with Crippen molar-refractivity contribution >= 4 is 21.6 Å². The fourth-order valence-electron chi connectivity index (χ4n) is 3.21. The topological polar surface area (TPSA) is 84.9 Å². The van der Waals surface area contributed by atoms with E-state index < -0.39 is 10.0 Å². The number of rotatable bonds is 11. The summed E-state index contributed by atoms with van der Waals surface area (Å²) in [5.74, 6) is 1.11. The van der Waals surface area contributed by atoms with Crippen LogP contribution < -0.4 is 19.1 Å². The van der Waals surface area contributed by atoms with Crippen molar-refractivity contribution < 1.29 is 22.7 Å². The van der Waals surface area contributed by atoms with Crippen LogP contribution in [-0.4, -0.2) is 41.3 Å². The molecule has 0 bridgehead atoms. The molecule has 0 aliphatic carbocycles. The highest BCUT2D eigenvalue weighted by Gasteiger charge is 2.21. The minimum atomic E-state index is -3.52. The Balaban J connectivity index is 1.99. The lowest BCUT2D eigenvalue weighted by Gasteiger charge is -2.24. The molecular formula is C22H30N2O5S. The smallest absolute Gasteiger partial charge is 0.232 e. The van der Waals surface area contributed by atoms with Crippen LogP contribution in [0.25, 0.3) is 0 Å². The highest BCUT2D eigenvalue weighted by atomic mass is 32.2. The maximum Gasteiger partial charge on any atom is 0.232 e. The second-order valence-corrected chi connectivity index (χ2v) is 8.82. The van der Waals surface area contributed by atoms with Gasteiger partial charge in [0, 0.05) is 13.0 Å². The molecule has 7 nitrogen and oxygen atoms in total. The van der Waals surface area contributed by atoms with Gasteiger partial charge in [-0.1, -0.05) is 31.2 Å². The third-order valence-corrected chi connectivity index (χ3v) is 5.96. The van der Waals surface area contributed by atoms with Gasteiger partial charge in [0.1, 0.15) is 11.5 Å². The van der Waals surface area contributed by atoms with E-state index in [0.29, 0.717) is 17.9 Å². The summed E-state index contributed by atoms with van der Waals surface area (Å²) < 4.78 is 36.3. The molecule has 2 aromatic carbocycles. The molecule has 1 amide bonds. The largest absolute Gasteiger partial charge is 0.497 e. The first-order valence-electron chi connectivity index (χ1n) is 9.84. The predicted octanol–water partition coefficient (Wildman–Crippen LogP) is 3.52. The summed E-state index contributed by atoms with van der Waals surface area (Å²) in [6, 6.07) is 14.4. The third-order valence-electron chi connectivity index (χ3n) is 4.78. The Hall–Kier alpha value is -2.74. The number of ether oxygens (including phenoxy) is 2. The van der Waals surface area contributed by atoms with E-state index >= 15 is 0 Å². The molecule has 0 spiro atoms. The normalized spacial score (nSPS) is 12.1. The average molecular weight is 435 g/mol. The molecular weight excluding hydrogens is 404 g/mol. The quantitative estimate of drug-likeness (QED) is 0.585. The first-order chi connectivity index (χ1) is 14.3. The number of hydrogen-bond donors (Lipinski definition) is 1. The van der Waals surface area contributed by atoms with Gasteiger partial charge < -0.3 is 14.8 Å². The van der Waals surface area contributed by atoms with Crippen LogP contribution in [0.1, 0.15) is 37.8 Å². The Labute approximate surface area is 179 Å². The van der Waals surface area contributed by atoms with Gasteiger partial charge >= 0.3 is 0 Å². The molecule has 1 N–H and O–H groups in total. The van der Waals surface area contributed by atoms with Gasteiger partial charge in [0.15, 0.2) is 0 Å². The second kappa shape index (κ2) is 10.9. The van der Waals surface area contributed by atoms with Crippen LogP contribution in [0.3, 0.4) is 0 Å². The molecule has 0 unspecified atom stereocenters. The molecule has 1 atom stereocenters. The lowest BCUT2D eigenvalue weighted by Crippen LogP contribution is -2.33. The molecule has 0 saturated carbocycles. The summed E-state index contributed by atoms with van der Waals surface area (Å²) in [5.41, 5.74) is 1.46. The summed E-state index contributed by atoms with van der Waals surface area (Å²) >= 11 is 0. The Morgan fingerprint density at radius 1 is 1.07 bits per heavy atom. The number of anilines is 1. The summed E-state index contributed by atoms with van der Waals surface area (Å²) in [6.07, 6.45) is 2.49. The number of carbonyl (C=O) groups is 1. The van der Waals surface area contributed by atoms with Crippen LogP contribution >= 0.6 is 0 Å². The predicted molar refractivity (Wildman–Crippen MR) is 119 cm³/mol. The van der Waals surface area contributed by atoms with Crippen molar-refractivity contribution in [1.82, 2.24) is 5.32 Å². The Morgan fingerprint density at radius 3 is 2.30 bits per heavy atom. The number of amides is 1. The van der Waals surface area contributed by atoms with Crippen LogP contribution in [0, 0.1) is 0 Å². The van der Waals surface area contributed by atoms with Crippen molar-refractivity contribution in [3.8, 4) is 11.5 Å². The summed E-state index contributed by atoms with van der Waals surface area (Å²) in [6.45, 7) is 2.19. The maximum absolute atomic E-state index is 12.5. The Kier molecular flexibility index (Phi) is 8.53. The van der Waals surface area contributed by atoms with E-state index in [0.717, 1.165) is 24.0 Å². The summed E-state index contributed by atoms with van der Waals surface area (Å²) in [5, 5.41) is 3.02. The number of nitrogens with one attached hydrogen (secondary N) is 1. The lowest BCUT2D eigenvalue weighted by atomic mass is 10.0. The molecule has 0 heterocycles. The minimum absolute atomic E-state index is 0.108. The number of hydrogen-bond acceptors (Lipinski definition) is 5. The van der Waals surface area contributed by atoms with Crippen molar-refractivity contribution in [1.29, 1.82) is 0 Å². The Bertz CT molecular complexity index is 929. The van der Waals surface area contributed by atoms with Crippen LogP contribution in [0.4, 0.5) is 5.69 Å². The van der Waals surface area contributed by atoms with Crippen LogP contribution in [0.2, 0.25) is 0 Å². The second-order valence-electron chi connectivity index (χ2n) is 6.91. The first kappa shape index (κ1) is 23.5. The van der Waals surface area contributed by atoms with Crippen molar-refractivity contribution in [3.63, 3.8) is 0 Å². The molecule has 164 valence electrons. The fraction of sp³-hybridized carbons (Fsp3) is 0.409. The van der Waals surface area contributed by atoms with E-state index in [1.165, 1.54) is 11.4 Å². The summed E-state index contributed by atoms with van der Waals surface area (Å²) in [7, 11) is -0.409. The lowest BCUT2D eigenvalue weighted by molar-refractivity contribution is -0.121. The van der Waals surface area contributed by atoms with E-state index in [1.54, 1.807) is 31.4 Å². The zero-order valence-electron chi connectivity index (χ0n) is 17.9. The molecule has 0 radical (unpaired) electrons. The Morgan fingerprint density at radius 2 is 1.73 bits per heavy atom. The minimum Gasteiger partial charge on any atom is -0.497 e. The van der Waals surface area contributed by atoms with Gasteiger partial charge in [0.05, 0.1) is 32.2 Å². The van der Waals surface area contributed by atoms with Crippen molar-refractivity contribution in [2.75, 3.05) is 31.3 Å². The first-order valence-corrected chi connectivity index (χ1v) is 11.7.